The summed E-state index contributed by atoms with van der Waals surface area (Å²) in [5.74, 6) is -0.360. The van der Waals surface area contributed by atoms with Gasteiger partial charge in [-0.1, -0.05) is 0 Å². The van der Waals surface area contributed by atoms with Crippen molar-refractivity contribution in [2.24, 2.45) is 0 Å². The fourth-order valence-corrected chi connectivity index (χ4v) is 2.95. The zero-order chi connectivity index (χ0) is 21.4. The van der Waals surface area contributed by atoms with E-state index in [9.17, 15) is 31.6 Å². The first-order chi connectivity index (χ1) is 14.6. The topological polar surface area (TPSA) is 220 Å². The molecule has 4 rings (SSSR count). The summed E-state index contributed by atoms with van der Waals surface area (Å²) in [6.07, 6.45) is 0. The van der Waals surface area contributed by atoms with Crippen molar-refractivity contribution < 1.29 is 0 Å². The first kappa shape index (κ1) is 17.6. The summed E-state index contributed by atoms with van der Waals surface area (Å²) in [6.45, 7) is 0. The Hall–Kier alpha value is -5.82. The van der Waals surface area contributed by atoms with E-state index in [0.717, 1.165) is 0 Å². The smallest absolute Gasteiger partial charge is 0.232 e. The summed E-state index contributed by atoms with van der Waals surface area (Å²) < 4.78 is 0. The van der Waals surface area contributed by atoms with Crippen molar-refractivity contribution in [1.29, 1.82) is 31.6 Å². The molecule has 30 heavy (non-hydrogen) atoms. The maximum absolute atomic E-state index is 9.64. The molecule has 3 aromatic heterocycles. The van der Waals surface area contributed by atoms with Crippen molar-refractivity contribution in [2.75, 3.05) is 0 Å². The summed E-state index contributed by atoms with van der Waals surface area (Å²) in [4.78, 5) is 16.2. The third kappa shape index (κ3) is 2.20. The first-order valence-corrected chi connectivity index (χ1v) is 7.78. The van der Waals surface area contributed by atoms with Gasteiger partial charge in [-0.25, -0.2) is 19.9 Å². The van der Waals surface area contributed by atoms with Crippen molar-refractivity contribution in [1.82, 2.24) is 30.1 Å². The van der Waals surface area contributed by atoms with Gasteiger partial charge in [0.1, 0.15) is 58.5 Å². The van der Waals surface area contributed by atoms with Crippen LogP contribution in [-0.2, 0) is 0 Å². The highest BCUT2D eigenvalue weighted by Crippen LogP contribution is 2.35. The van der Waals surface area contributed by atoms with E-state index in [1.54, 1.807) is 24.3 Å². The molecule has 0 aliphatic rings. The van der Waals surface area contributed by atoms with Gasteiger partial charge in [-0.15, -0.1) is 10.2 Å². The molecular formula is C18N12. The first-order valence-electron chi connectivity index (χ1n) is 7.78. The van der Waals surface area contributed by atoms with Gasteiger partial charge in [0, 0.05) is 0 Å². The van der Waals surface area contributed by atoms with E-state index in [1.165, 1.54) is 0 Å². The van der Waals surface area contributed by atoms with Crippen LogP contribution in [0.25, 0.3) is 32.8 Å². The van der Waals surface area contributed by atoms with E-state index in [1.807, 2.05) is 12.1 Å². The molecule has 1 aromatic carbocycles. The number of benzene rings is 1. The maximum atomic E-state index is 9.64. The molecule has 0 radical (unpaired) electrons. The highest BCUT2D eigenvalue weighted by Gasteiger charge is 2.24. The van der Waals surface area contributed by atoms with Gasteiger partial charge in [0.05, 0.1) is 16.3 Å². The number of hydrogen-bond acceptors (Lipinski definition) is 12. The zero-order valence-electron chi connectivity index (χ0n) is 14.4. The average Bonchev–Trinajstić information content (AvgIpc) is 2.81. The second kappa shape index (κ2) is 6.41. The minimum Gasteiger partial charge on any atom is -0.232 e. The molecule has 0 atom stereocenters. The molecule has 0 saturated carbocycles. The van der Waals surface area contributed by atoms with Crippen molar-refractivity contribution in [3.8, 4) is 36.4 Å². The van der Waals surface area contributed by atoms with Crippen molar-refractivity contribution in [3.05, 3.63) is 34.2 Å². The molecule has 12 nitrogen and oxygen atoms in total. The third-order valence-electron chi connectivity index (χ3n) is 4.11. The lowest BCUT2D eigenvalue weighted by molar-refractivity contribution is 1.04. The number of aromatic nitrogens is 6. The van der Waals surface area contributed by atoms with Gasteiger partial charge >= 0.3 is 0 Å². The molecule has 0 amide bonds. The van der Waals surface area contributed by atoms with Gasteiger partial charge in [-0.3, -0.25) is 0 Å². The minimum absolute atomic E-state index is 0.000814. The van der Waals surface area contributed by atoms with Gasteiger partial charge < -0.3 is 0 Å². The van der Waals surface area contributed by atoms with Crippen LogP contribution in [0, 0.1) is 68.0 Å². The normalized spacial score (nSPS) is 9.80. The number of rotatable bonds is 0. The molecular weight excluding hydrogens is 384 g/mol. The number of nitriles is 6. The van der Waals surface area contributed by atoms with Gasteiger partial charge in [0.25, 0.3) is 0 Å². The largest absolute Gasteiger partial charge is 0.234 e. The fraction of sp³-hybridized carbons (Fsp3) is 0. The number of nitrogens with zero attached hydrogens (tertiary/aromatic N) is 12. The molecule has 4 aromatic rings. The molecule has 3 heterocycles. The number of fused-ring (bicyclic) bond motifs is 6. The molecule has 0 aliphatic heterocycles. The van der Waals surface area contributed by atoms with Crippen LogP contribution in [0.15, 0.2) is 0 Å². The summed E-state index contributed by atoms with van der Waals surface area (Å²) in [7, 11) is 0. The van der Waals surface area contributed by atoms with Crippen LogP contribution in [0.2, 0.25) is 0 Å². The molecule has 12 heteroatoms. The second-order valence-corrected chi connectivity index (χ2v) is 5.56. The van der Waals surface area contributed by atoms with Gasteiger partial charge in [-0.2, -0.15) is 31.6 Å². The van der Waals surface area contributed by atoms with E-state index in [0.29, 0.717) is 0 Å². The van der Waals surface area contributed by atoms with Crippen LogP contribution >= 0.6 is 0 Å². The monoisotopic (exact) mass is 384 g/mol. The lowest BCUT2D eigenvalue weighted by atomic mass is 10.0. The average molecular weight is 384 g/mol. The minimum atomic E-state index is -0.360. The van der Waals surface area contributed by atoms with E-state index in [-0.39, 0.29) is 67.0 Å². The summed E-state index contributed by atoms with van der Waals surface area (Å²) >= 11 is 0. The van der Waals surface area contributed by atoms with Crippen molar-refractivity contribution >= 4 is 32.8 Å². The lowest BCUT2D eigenvalue weighted by Gasteiger charge is -2.10. The van der Waals surface area contributed by atoms with Gasteiger partial charge in [0.2, 0.25) is 5.82 Å². The van der Waals surface area contributed by atoms with Crippen molar-refractivity contribution in [2.45, 2.75) is 0 Å². The van der Waals surface area contributed by atoms with Crippen LogP contribution in [-0.4, -0.2) is 30.1 Å². The molecule has 0 fully saturated rings. The van der Waals surface area contributed by atoms with Gasteiger partial charge in [0.15, 0.2) is 22.8 Å². The Labute approximate surface area is 165 Å². The molecule has 132 valence electrons. The Bertz CT molecular complexity index is 1700. The summed E-state index contributed by atoms with van der Waals surface area (Å²) in [6, 6.07) is 10.7. The zero-order valence-corrected chi connectivity index (χ0v) is 14.4. The van der Waals surface area contributed by atoms with E-state index in [4.69, 9.17) is 0 Å². The molecule has 0 N–H and O–H groups in total. The molecule has 0 saturated heterocycles. The van der Waals surface area contributed by atoms with Crippen LogP contribution in [0.4, 0.5) is 0 Å². The summed E-state index contributed by atoms with van der Waals surface area (Å²) in [5, 5.41) is 64.0. The fourth-order valence-electron chi connectivity index (χ4n) is 2.95. The molecule has 0 unspecified atom stereocenters. The predicted octanol–water partition coefficient (Wildman–Crippen LogP) is 0.746. The highest BCUT2D eigenvalue weighted by molar-refractivity contribution is 6.23. The van der Waals surface area contributed by atoms with E-state index < -0.39 is 0 Å². The van der Waals surface area contributed by atoms with Gasteiger partial charge in [-0.05, 0) is 0 Å². The third-order valence-corrected chi connectivity index (χ3v) is 4.11. The Balaban J connectivity index is 2.51. The van der Waals surface area contributed by atoms with Crippen LogP contribution in [0.5, 0.6) is 0 Å². The van der Waals surface area contributed by atoms with E-state index >= 15 is 0 Å². The highest BCUT2D eigenvalue weighted by atomic mass is 15.1. The predicted molar refractivity (Wildman–Crippen MR) is 94.0 cm³/mol. The molecule has 0 spiro atoms. The van der Waals surface area contributed by atoms with Crippen molar-refractivity contribution in [3.63, 3.8) is 0 Å². The van der Waals surface area contributed by atoms with E-state index in [2.05, 4.69) is 30.1 Å². The molecule has 0 aliphatic carbocycles. The summed E-state index contributed by atoms with van der Waals surface area (Å²) in [5.41, 5.74) is -1.52. The Morgan fingerprint density at radius 1 is 0.433 bits per heavy atom. The standard InChI is InChI=1S/C18N12/c19-1-7-8(2-20)29-30-17-13(7)15-14(11(5-23)25-12(6-24)28-15)16-18(17)27-10(4-22)9(3-21)26-16. The second-order valence-electron chi connectivity index (χ2n) is 5.56. The maximum Gasteiger partial charge on any atom is 0.234 e. The number of hydrogen-bond donors (Lipinski definition) is 0. The SMILES string of the molecule is N#Cc1nc(C#N)c2c3nc(C#N)c(C#N)nc3c3nnc(C#N)c(C#N)c3c2n1. The Morgan fingerprint density at radius 3 is 1.63 bits per heavy atom. The van der Waals surface area contributed by atoms with Crippen LogP contribution in [0.3, 0.4) is 0 Å². The lowest BCUT2D eigenvalue weighted by Crippen LogP contribution is -2.05. The Morgan fingerprint density at radius 2 is 1.07 bits per heavy atom. The van der Waals surface area contributed by atoms with Crippen LogP contribution in [0.1, 0.15) is 34.2 Å². The van der Waals surface area contributed by atoms with Crippen LogP contribution < -0.4 is 0 Å². The quantitative estimate of drug-likeness (QED) is 0.383. The Kier molecular flexibility index (Phi) is 3.76. The molecule has 0 bridgehead atoms.